The number of aryl methyl sites for hydroxylation is 2. The summed E-state index contributed by atoms with van der Waals surface area (Å²) in [5, 5.41) is 0. The van der Waals surface area contributed by atoms with Gasteiger partial charge in [-0.05, 0) is 41.7 Å². The van der Waals surface area contributed by atoms with E-state index in [0.29, 0.717) is 18.0 Å². The topological polar surface area (TPSA) is 17.1 Å². The van der Waals surface area contributed by atoms with Crippen LogP contribution in [-0.2, 0) is 24.1 Å². The lowest BCUT2D eigenvalue weighted by Gasteiger charge is -2.04. The average Bonchev–Trinajstić information content (AvgIpc) is 2.73. The van der Waals surface area contributed by atoms with Crippen LogP contribution in [0.2, 0.25) is 0 Å². The summed E-state index contributed by atoms with van der Waals surface area (Å²) in [4.78, 5) is 11.7. The Hall–Kier alpha value is -0.760. The van der Waals surface area contributed by atoms with Gasteiger partial charge in [-0.25, -0.2) is 0 Å². The summed E-state index contributed by atoms with van der Waals surface area (Å²) in [7, 11) is 0. The smallest absolute Gasteiger partial charge is 0.147 e. The van der Waals surface area contributed by atoms with E-state index in [1.165, 1.54) is 36.0 Å². The maximum Gasteiger partial charge on any atom is 0.147 e. The number of rotatable bonds is 5. The van der Waals surface area contributed by atoms with Crippen molar-refractivity contribution in [1.82, 2.24) is 0 Å². The highest BCUT2D eigenvalue weighted by Crippen LogP contribution is 2.23. The highest BCUT2D eigenvalue weighted by Gasteiger charge is 2.11. The van der Waals surface area contributed by atoms with E-state index < -0.39 is 0 Å². The van der Waals surface area contributed by atoms with Crippen LogP contribution >= 0.6 is 11.8 Å². The third-order valence-electron chi connectivity index (χ3n) is 3.03. The molecule has 0 fully saturated rings. The van der Waals surface area contributed by atoms with E-state index in [9.17, 15) is 4.79 Å². The maximum atomic E-state index is 11.7. The molecule has 0 aromatic heterocycles. The van der Waals surface area contributed by atoms with Gasteiger partial charge in [-0.15, -0.1) is 0 Å². The maximum absolute atomic E-state index is 11.7. The zero-order chi connectivity index (χ0) is 11.4. The molecule has 0 saturated heterocycles. The van der Waals surface area contributed by atoms with Crippen molar-refractivity contribution in [2.24, 2.45) is 0 Å². The number of carbonyl (C=O) groups is 1. The Morgan fingerprint density at radius 3 is 2.94 bits per heavy atom. The van der Waals surface area contributed by atoms with Gasteiger partial charge in [0.1, 0.15) is 5.78 Å². The summed E-state index contributed by atoms with van der Waals surface area (Å²) >= 11 is 1.71. The molecule has 1 nitrogen and oxygen atoms in total. The number of fused-ring (bicyclic) bond motifs is 1. The minimum absolute atomic E-state index is 0.352. The number of ketones is 1. The van der Waals surface area contributed by atoms with Gasteiger partial charge >= 0.3 is 0 Å². The van der Waals surface area contributed by atoms with Crippen LogP contribution < -0.4 is 0 Å². The summed E-state index contributed by atoms with van der Waals surface area (Å²) in [5.41, 5.74) is 4.15. The predicted molar refractivity (Wildman–Crippen MR) is 70.2 cm³/mol. The van der Waals surface area contributed by atoms with Gasteiger partial charge in [-0.3, -0.25) is 4.79 Å². The number of benzene rings is 1. The summed E-state index contributed by atoms with van der Waals surface area (Å²) < 4.78 is 0. The highest BCUT2D eigenvalue weighted by atomic mass is 32.2. The van der Waals surface area contributed by atoms with Crippen molar-refractivity contribution in [1.29, 1.82) is 0 Å². The van der Waals surface area contributed by atoms with Crippen LogP contribution in [0.3, 0.4) is 0 Å². The second-order valence-corrected chi connectivity index (χ2v) is 5.58. The number of hydrogen-bond donors (Lipinski definition) is 0. The fourth-order valence-corrected chi connectivity index (χ4v) is 2.76. The Morgan fingerprint density at radius 1 is 1.31 bits per heavy atom. The zero-order valence-corrected chi connectivity index (χ0v) is 10.6. The molecule has 0 radical (unpaired) electrons. The number of carbonyl (C=O) groups excluding carboxylic acids is 1. The van der Waals surface area contributed by atoms with Gasteiger partial charge in [0, 0.05) is 6.42 Å². The molecule has 1 aromatic rings. The second-order valence-electron chi connectivity index (χ2n) is 4.31. The van der Waals surface area contributed by atoms with E-state index in [-0.39, 0.29) is 0 Å². The molecule has 1 aliphatic rings. The molecule has 0 saturated carbocycles. The first-order chi connectivity index (χ1) is 7.79. The van der Waals surface area contributed by atoms with Crippen LogP contribution in [0.25, 0.3) is 0 Å². The highest BCUT2D eigenvalue weighted by molar-refractivity contribution is 7.99. The van der Waals surface area contributed by atoms with Crippen LogP contribution in [-0.4, -0.2) is 17.3 Å². The summed E-state index contributed by atoms with van der Waals surface area (Å²) in [6.07, 6.45) is 4.30. The van der Waals surface area contributed by atoms with Gasteiger partial charge in [-0.1, -0.05) is 25.1 Å². The molecule has 0 amide bonds. The lowest BCUT2D eigenvalue weighted by atomic mass is 10.0. The Morgan fingerprint density at radius 2 is 2.12 bits per heavy atom. The molecule has 0 aliphatic heterocycles. The summed E-state index contributed by atoms with van der Waals surface area (Å²) in [5.74, 6) is 2.04. The molecule has 1 aromatic carbocycles. The first-order valence-electron chi connectivity index (χ1n) is 5.99. The van der Waals surface area contributed by atoms with Gasteiger partial charge in [0.25, 0.3) is 0 Å². The van der Waals surface area contributed by atoms with Crippen molar-refractivity contribution in [3.63, 3.8) is 0 Å². The molecule has 0 N–H and O–H groups in total. The molecule has 1 aliphatic carbocycles. The van der Waals surface area contributed by atoms with Crippen LogP contribution in [0, 0.1) is 0 Å². The SMILES string of the molecule is CCSCC(=O)Cc1ccc2c(c1)CCC2. The third kappa shape index (κ3) is 2.88. The van der Waals surface area contributed by atoms with E-state index in [4.69, 9.17) is 0 Å². The van der Waals surface area contributed by atoms with Gasteiger partial charge in [-0.2, -0.15) is 11.8 Å². The molecule has 0 heterocycles. The van der Waals surface area contributed by atoms with E-state index in [1.807, 2.05) is 0 Å². The first-order valence-corrected chi connectivity index (χ1v) is 7.15. The fraction of sp³-hybridized carbons (Fsp3) is 0.500. The van der Waals surface area contributed by atoms with Gasteiger partial charge in [0.05, 0.1) is 5.75 Å². The molecule has 0 unspecified atom stereocenters. The molecule has 16 heavy (non-hydrogen) atoms. The third-order valence-corrected chi connectivity index (χ3v) is 3.97. The van der Waals surface area contributed by atoms with Crippen molar-refractivity contribution in [3.05, 3.63) is 34.9 Å². The number of Topliss-reactive ketones (excluding diaryl/α,β-unsaturated/α-hetero) is 1. The van der Waals surface area contributed by atoms with E-state index >= 15 is 0 Å². The van der Waals surface area contributed by atoms with Gasteiger partial charge in [0.2, 0.25) is 0 Å². The largest absolute Gasteiger partial charge is 0.298 e. The molecule has 0 spiro atoms. The molecule has 2 rings (SSSR count). The number of thioether (sulfide) groups is 1. The molecular formula is C14H18OS. The molecule has 0 bridgehead atoms. The predicted octanol–water partition coefficient (Wildman–Crippen LogP) is 3.04. The van der Waals surface area contributed by atoms with Gasteiger partial charge < -0.3 is 0 Å². The van der Waals surface area contributed by atoms with Crippen LogP contribution in [0.5, 0.6) is 0 Å². The molecule has 0 atom stereocenters. The van der Waals surface area contributed by atoms with Crippen molar-refractivity contribution >= 4 is 17.5 Å². The molecule has 86 valence electrons. The van der Waals surface area contributed by atoms with E-state index in [0.717, 1.165) is 5.75 Å². The fourth-order valence-electron chi connectivity index (χ4n) is 2.23. The monoisotopic (exact) mass is 234 g/mol. The quantitative estimate of drug-likeness (QED) is 0.779. The van der Waals surface area contributed by atoms with Crippen LogP contribution in [0.1, 0.15) is 30.0 Å². The lowest BCUT2D eigenvalue weighted by molar-refractivity contribution is -0.116. The Bertz CT molecular complexity index is 384. The normalized spacial score (nSPS) is 13.8. The average molecular weight is 234 g/mol. The van der Waals surface area contributed by atoms with E-state index in [2.05, 4.69) is 25.1 Å². The Labute approximate surface area is 102 Å². The Kier molecular flexibility index (Phi) is 4.05. The van der Waals surface area contributed by atoms with Crippen molar-refractivity contribution in [2.75, 3.05) is 11.5 Å². The zero-order valence-electron chi connectivity index (χ0n) is 9.79. The van der Waals surface area contributed by atoms with E-state index in [1.54, 1.807) is 11.8 Å². The van der Waals surface area contributed by atoms with Crippen molar-refractivity contribution in [3.8, 4) is 0 Å². The lowest BCUT2D eigenvalue weighted by Crippen LogP contribution is -2.06. The first kappa shape index (κ1) is 11.7. The molecule has 2 heteroatoms. The summed E-state index contributed by atoms with van der Waals surface area (Å²) in [6, 6.07) is 6.56. The standard InChI is InChI=1S/C14H18OS/c1-2-16-10-14(15)9-11-6-7-12-4-3-5-13(12)8-11/h6-8H,2-5,9-10H2,1H3. The minimum Gasteiger partial charge on any atom is -0.298 e. The van der Waals surface area contributed by atoms with Gasteiger partial charge in [0.15, 0.2) is 0 Å². The minimum atomic E-state index is 0.352. The van der Waals surface area contributed by atoms with Crippen LogP contribution in [0.4, 0.5) is 0 Å². The van der Waals surface area contributed by atoms with Crippen molar-refractivity contribution < 1.29 is 4.79 Å². The second kappa shape index (κ2) is 5.53. The van der Waals surface area contributed by atoms with Crippen LogP contribution in [0.15, 0.2) is 18.2 Å². The Balaban J connectivity index is 1.97. The number of hydrogen-bond acceptors (Lipinski definition) is 2. The summed E-state index contributed by atoms with van der Waals surface area (Å²) in [6.45, 7) is 2.09. The molecular weight excluding hydrogens is 216 g/mol. The van der Waals surface area contributed by atoms with Crippen molar-refractivity contribution in [2.45, 2.75) is 32.6 Å².